The molecule has 5 nitrogen and oxygen atoms in total. The van der Waals surface area contributed by atoms with Crippen LogP contribution in [0.1, 0.15) is 5.56 Å². The molecule has 1 aromatic carbocycles. The number of para-hydroxylation sites is 1. The average molecular weight is 243 g/mol. The summed E-state index contributed by atoms with van der Waals surface area (Å²) >= 11 is 0. The minimum absolute atomic E-state index is 0.0474. The largest absolute Gasteiger partial charge is 0.504 e. The van der Waals surface area contributed by atoms with Gasteiger partial charge in [0.25, 0.3) is 0 Å². The number of pyridine rings is 1. The van der Waals surface area contributed by atoms with Gasteiger partial charge in [-0.1, -0.05) is 6.07 Å². The standard InChI is InChI=1S/C13H13N3O2/c1-18-11-6-2-4-9(12(11)17)8-16-10-5-3-7-15-13(10)14/h2-8,17H,1H3,(H2,14,15). The fraction of sp³-hybridized carbons (Fsp3) is 0.0769. The van der Waals surface area contributed by atoms with Crippen LogP contribution in [0.5, 0.6) is 11.5 Å². The predicted octanol–water partition coefficient (Wildman–Crippen LogP) is 2.13. The lowest BCUT2D eigenvalue weighted by molar-refractivity contribution is 0.373. The number of nitrogen functional groups attached to an aromatic ring is 1. The van der Waals surface area contributed by atoms with E-state index in [-0.39, 0.29) is 5.75 Å². The SMILES string of the molecule is COc1cccc(C=Nc2cccnc2N)c1O. The van der Waals surface area contributed by atoms with Gasteiger partial charge in [-0.2, -0.15) is 0 Å². The number of nitrogens with zero attached hydrogens (tertiary/aromatic N) is 2. The van der Waals surface area contributed by atoms with Crippen molar-refractivity contribution in [3.8, 4) is 11.5 Å². The Hall–Kier alpha value is -2.56. The number of anilines is 1. The van der Waals surface area contributed by atoms with Gasteiger partial charge >= 0.3 is 0 Å². The van der Waals surface area contributed by atoms with Gasteiger partial charge in [0.15, 0.2) is 11.5 Å². The highest BCUT2D eigenvalue weighted by molar-refractivity contribution is 5.87. The van der Waals surface area contributed by atoms with E-state index in [1.807, 2.05) is 0 Å². The molecule has 2 aromatic rings. The molecule has 0 bridgehead atoms. The molecule has 1 heterocycles. The van der Waals surface area contributed by atoms with Crippen molar-refractivity contribution in [2.75, 3.05) is 12.8 Å². The number of nitrogens with two attached hydrogens (primary N) is 1. The Balaban J connectivity index is 2.32. The molecule has 0 aliphatic rings. The first-order valence-corrected chi connectivity index (χ1v) is 5.33. The van der Waals surface area contributed by atoms with Crippen LogP contribution >= 0.6 is 0 Å². The maximum atomic E-state index is 9.87. The van der Waals surface area contributed by atoms with Gasteiger partial charge < -0.3 is 15.6 Å². The first-order chi connectivity index (χ1) is 8.72. The summed E-state index contributed by atoms with van der Waals surface area (Å²) in [5.41, 5.74) is 6.78. The van der Waals surface area contributed by atoms with Gasteiger partial charge in [0.05, 0.1) is 7.11 Å². The minimum Gasteiger partial charge on any atom is -0.504 e. The number of hydrogen-bond donors (Lipinski definition) is 2. The first kappa shape index (κ1) is 11.9. The molecule has 0 aliphatic heterocycles. The van der Waals surface area contributed by atoms with Gasteiger partial charge in [-0.3, -0.25) is 4.99 Å². The van der Waals surface area contributed by atoms with E-state index in [9.17, 15) is 5.11 Å². The molecule has 1 aromatic heterocycles. The number of methoxy groups -OCH3 is 1. The van der Waals surface area contributed by atoms with Gasteiger partial charge in [-0.15, -0.1) is 0 Å². The second kappa shape index (κ2) is 5.18. The second-order valence-corrected chi connectivity index (χ2v) is 3.56. The number of phenols is 1. The van der Waals surface area contributed by atoms with Crippen LogP contribution in [-0.4, -0.2) is 23.4 Å². The Morgan fingerprint density at radius 1 is 1.33 bits per heavy atom. The molecule has 92 valence electrons. The summed E-state index contributed by atoms with van der Waals surface area (Å²) < 4.78 is 5.01. The number of phenolic OH excluding ortho intramolecular Hbond substituents is 1. The van der Waals surface area contributed by atoms with E-state index in [4.69, 9.17) is 10.5 Å². The normalized spacial score (nSPS) is 10.7. The lowest BCUT2D eigenvalue weighted by Gasteiger charge is -2.05. The van der Waals surface area contributed by atoms with Crippen molar-refractivity contribution in [1.29, 1.82) is 0 Å². The number of aromatic hydroxyl groups is 1. The van der Waals surface area contributed by atoms with Crippen molar-refractivity contribution in [3.05, 3.63) is 42.1 Å². The number of aliphatic imine (C=N–C) groups is 1. The maximum absolute atomic E-state index is 9.87. The number of benzene rings is 1. The fourth-order valence-electron chi connectivity index (χ4n) is 1.47. The summed E-state index contributed by atoms with van der Waals surface area (Å²) in [5, 5.41) is 9.87. The third kappa shape index (κ3) is 2.40. The molecule has 0 fully saturated rings. The third-order valence-corrected chi connectivity index (χ3v) is 2.41. The fourth-order valence-corrected chi connectivity index (χ4v) is 1.47. The summed E-state index contributed by atoms with van der Waals surface area (Å²) in [4.78, 5) is 8.11. The quantitative estimate of drug-likeness (QED) is 0.809. The number of hydrogen-bond acceptors (Lipinski definition) is 5. The molecule has 0 atom stereocenters. The number of rotatable bonds is 3. The van der Waals surface area contributed by atoms with Crippen molar-refractivity contribution in [3.63, 3.8) is 0 Å². The molecule has 18 heavy (non-hydrogen) atoms. The molecule has 0 radical (unpaired) electrons. The van der Waals surface area contributed by atoms with Crippen LogP contribution in [0.3, 0.4) is 0 Å². The Morgan fingerprint density at radius 3 is 2.89 bits per heavy atom. The number of aromatic nitrogens is 1. The Labute approximate surface area is 105 Å². The molecule has 3 N–H and O–H groups in total. The van der Waals surface area contributed by atoms with Crippen LogP contribution in [0.25, 0.3) is 0 Å². The molecular formula is C13H13N3O2. The van der Waals surface area contributed by atoms with Crippen molar-refractivity contribution < 1.29 is 9.84 Å². The zero-order chi connectivity index (χ0) is 13.0. The van der Waals surface area contributed by atoms with E-state index in [1.165, 1.54) is 13.3 Å². The van der Waals surface area contributed by atoms with Gasteiger partial charge in [-0.05, 0) is 24.3 Å². The van der Waals surface area contributed by atoms with Crippen molar-refractivity contribution in [2.45, 2.75) is 0 Å². The van der Waals surface area contributed by atoms with Crippen LogP contribution in [0, 0.1) is 0 Å². The van der Waals surface area contributed by atoms with Gasteiger partial charge in [-0.25, -0.2) is 4.98 Å². The predicted molar refractivity (Wildman–Crippen MR) is 70.6 cm³/mol. The molecule has 0 saturated carbocycles. The van der Waals surface area contributed by atoms with Crippen LogP contribution in [0.2, 0.25) is 0 Å². The average Bonchev–Trinajstić information content (AvgIpc) is 2.39. The lowest BCUT2D eigenvalue weighted by Crippen LogP contribution is -1.90. The van der Waals surface area contributed by atoms with Crippen molar-refractivity contribution >= 4 is 17.7 Å². The summed E-state index contributed by atoms with van der Waals surface area (Å²) in [7, 11) is 1.50. The summed E-state index contributed by atoms with van der Waals surface area (Å²) in [6, 6.07) is 8.66. The highest BCUT2D eigenvalue weighted by Crippen LogP contribution is 2.28. The van der Waals surface area contributed by atoms with E-state index < -0.39 is 0 Å². The molecule has 2 rings (SSSR count). The molecule has 0 amide bonds. The highest BCUT2D eigenvalue weighted by atomic mass is 16.5. The molecule has 0 spiro atoms. The van der Waals surface area contributed by atoms with E-state index in [2.05, 4.69) is 9.98 Å². The zero-order valence-electron chi connectivity index (χ0n) is 9.87. The smallest absolute Gasteiger partial charge is 0.166 e. The molecule has 0 saturated heterocycles. The van der Waals surface area contributed by atoms with E-state index >= 15 is 0 Å². The van der Waals surface area contributed by atoms with Crippen LogP contribution in [0.15, 0.2) is 41.5 Å². The van der Waals surface area contributed by atoms with Gasteiger partial charge in [0.1, 0.15) is 11.5 Å². The molecule has 0 unspecified atom stereocenters. The second-order valence-electron chi connectivity index (χ2n) is 3.56. The molecule has 0 aliphatic carbocycles. The van der Waals surface area contributed by atoms with E-state index in [0.717, 1.165) is 0 Å². The van der Waals surface area contributed by atoms with E-state index in [1.54, 1.807) is 36.5 Å². The molecular weight excluding hydrogens is 230 g/mol. The van der Waals surface area contributed by atoms with Crippen LogP contribution in [-0.2, 0) is 0 Å². The lowest BCUT2D eigenvalue weighted by atomic mass is 10.2. The van der Waals surface area contributed by atoms with Gasteiger partial charge in [0, 0.05) is 18.0 Å². The van der Waals surface area contributed by atoms with Crippen molar-refractivity contribution in [1.82, 2.24) is 4.98 Å². The van der Waals surface area contributed by atoms with Crippen LogP contribution in [0.4, 0.5) is 11.5 Å². The summed E-state index contributed by atoms with van der Waals surface area (Å²) in [6.07, 6.45) is 3.11. The topological polar surface area (TPSA) is 80.7 Å². The van der Waals surface area contributed by atoms with E-state index in [0.29, 0.717) is 22.8 Å². The monoisotopic (exact) mass is 243 g/mol. The Kier molecular flexibility index (Phi) is 3.43. The van der Waals surface area contributed by atoms with Crippen molar-refractivity contribution in [2.24, 2.45) is 4.99 Å². The highest BCUT2D eigenvalue weighted by Gasteiger charge is 2.05. The summed E-state index contributed by atoms with van der Waals surface area (Å²) in [5.74, 6) is 0.792. The Bertz CT molecular complexity index is 582. The van der Waals surface area contributed by atoms with Crippen LogP contribution < -0.4 is 10.5 Å². The summed E-state index contributed by atoms with van der Waals surface area (Å²) in [6.45, 7) is 0. The number of ether oxygens (including phenoxy) is 1. The maximum Gasteiger partial charge on any atom is 0.166 e. The zero-order valence-corrected chi connectivity index (χ0v) is 9.87. The third-order valence-electron chi connectivity index (χ3n) is 2.41. The van der Waals surface area contributed by atoms with Gasteiger partial charge in [0.2, 0.25) is 0 Å². The minimum atomic E-state index is 0.0474. The Morgan fingerprint density at radius 2 is 2.17 bits per heavy atom. The molecule has 5 heteroatoms. The first-order valence-electron chi connectivity index (χ1n) is 5.33.